The number of imidazole rings is 1. The maximum atomic E-state index is 13.5. The van der Waals surface area contributed by atoms with Gasteiger partial charge in [0.2, 0.25) is 0 Å². The van der Waals surface area contributed by atoms with Crippen molar-refractivity contribution in [2.45, 2.75) is 25.8 Å². The molecule has 0 radical (unpaired) electrons. The lowest BCUT2D eigenvalue weighted by molar-refractivity contribution is 0.286. The molecule has 2 aromatic carbocycles. The van der Waals surface area contributed by atoms with Crippen molar-refractivity contribution in [3.8, 4) is 0 Å². The van der Waals surface area contributed by atoms with Crippen molar-refractivity contribution in [1.29, 1.82) is 0 Å². The van der Waals surface area contributed by atoms with Crippen LogP contribution < -0.4 is 0 Å². The summed E-state index contributed by atoms with van der Waals surface area (Å²) in [4.78, 5) is 4.57. The van der Waals surface area contributed by atoms with E-state index in [9.17, 15) is 4.39 Å². The van der Waals surface area contributed by atoms with E-state index in [0.29, 0.717) is 18.4 Å². The van der Waals surface area contributed by atoms with Gasteiger partial charge >= 0.3 is 0 Å². The van der Waals surface area contributed by atoms with Crippen molar-refractivity contribution >= 4 is 11.0 Å². The zero-order chi connectivity index (χ0) is 15.5. The van der Waals surface area contributed by atoms with Crippen LogP contribution in [0, 0.1) is 5.82 Å². The van der Waals surface area contributed by atoms with Crippen LogP contribution in [-0.4, -0.2) is 21.3 Å². The average Bonchev–Trinajstić information content (AvgIpc) is 2.90. The number of aryl methyl sites for hydroxylation is 1. The molecule has 0 saturated carbocycles. The SMILES string of the molecule is CC(c1ccccc1)n1c(CCCO)nc2cc(F)ccc21. The van der Waals surface area contributed by atoms with Crippen molar-refractivity contribution < 1.29 is 9.50 Å². The molecule has 22 heavy (non-hydrogen) atoms. The van der Waals surface area contributed by atoms with E-state index >= 15 is 0 Å². The summed E-state index contributed by atoms with van der Waals surface area (Å²) < 4.78 is 15.6. The Bertz CT molecular complexity index is 767. The number of aromatic nitrogens is 2. The standard InChI is InChI=1S/C18H19FN2O/c1-13(14-6-3-2-4-7-14)21-17-10-9-15(19)12-16(17)20-18(21)8-5-11-22/h2-4,6-7,9-10,12-13,22H,5,8,11H2,1H3. The summed E-state index contributed by atoms with van der Waals surface area (Å²) in [6, 6.07) is 15.0. The van der Waals surface area contributed by atoms with Crippen molar-refractivity contribution in [3.63, 3.8) is 0 Å². The smallest absolute Gasteiger partial charge is 0.125 e. The van der Waals surface area contributed by atoms with E-state index in [-0.39, 0.29) is 18.5 Å². The molecule has 0 aliphatic rings. The molecule has 1 N–H and O–H groups in total. The van der Waals surface area contributed by atoms with E-state index in [1.54, 1.807) is 6.07 Å². The lowest BCUT2D eigenvalue weighted by Crippen LogP contribution is -2.11. The molecule has 0 fully saturated rings. The van der Waals surface area contributed by atoms with Crippen LogP contribution in [0.5, 0.6) is 0 Å². The Labute approximate surface area is 129 Å². The summed E-state index contributed by atoms with van der Waals surface area (Å²) in [6.07, 6.45) is 1.32. The Morgan fingerprint density at radius 1 is 1.18 bits per heavy atom. The highest BCUT2D eigenvalue weighted by Crippen LogP contribution is 2.27. The summed E-state index contributed by atoms with van der Waals surface area (Å²) in [6.45, 7) is 2.24. The number of hydrogen-bond acceptors (Lipinski definition) is 2. The van der Waals surface area contributed by atoms with Crippen molar-refractivity contribution in [2.75, 3.05) is 6.61 Å². The Morgan fingerprint density at radius 3 is 2.68 bits per heavy atom. The van der Waals surface area contributed by atoms with Gasteiger partial charge in [0.25, 0.3) is 0 Å². The van der Waals surface area contributed by atoms with E-state index in [1.165, 1.54) is 17.7 Å². The number of fused-ring (bicyclic) bond motifs is 1. The third-order valence-corrected chi connectivity index (χ3v) is 3.95. The van der Waals surface area contributed by atoms with Gasteiger partial charge in [-0.05, 0) is 31.0 Å². The largest absolute Gasteiger partial charge is 0.396 e. The molecule has 1 atom stereocenters. The van der Waals surface area contributed by atoms with Crippen LogP contribution in [-0.2, 0) is 6.42 Å². The van der Waals surface area contributed by atoms with E-state index in [0.717, 1.165) is 11.3 Å². The Kier molecular flexibility index (Phi) is 4.20. The Hall–Kier alpha value is -2.20. The third kappa shape index (κ3) is 2.74. The maximum absolute atomic E-state index is 13.5. The van der Waals surface area contributed by atoms with Crippen molar-refractivity contribution in [3.05, 3.63) is 65.7 Å². The highest BCUT2D eigenvalue weighted by molar-refractivity contribution is 5.76. The lowest BCUT2D eigenvalue weighted by atomic mass is 10.1. The van der Waals surface area contributed by atoms with Gasteiger partial charge in [-0.3, -0.25) is 0 Å². The van der Waals surface area contributed by atoms with Crippen LogP contribution in [0.25, 0.3) is 11.0 Å². The van der Waals surface area contributed by atoms with Crippen LogP contribution >= 0.6 is 0 Å². The molecular formula is C18H19FN2O. The number of rotatable bonds is 5. The Balaban J connectivity index is 2.12. The third-order valence-electron chi connectivity index (χ3n) is 3.95. The van der Waals surface area contributed by atoms with Crippen LogP contribution in [0.3, 0.4) is 0 Å². The highest BCUT2D eigenvalue weighted by atomic mass is 19.1. The minimum Gasteiger partial charge on any atom is -0.396 e. The molecule has 114 valence electrons. The number of nitrogens with zero attached hydrogens (tertiary/aromatic N) is 2. The molecule has 0 bridgehead atoms. The number of aliphatic hydroxyl groups is 1. The van der Waals surface area contributed by atoms with Crippen molar-refractivity contribution in [1.82, 2.24) is 9.55 Å². The van der Waals surface area contributed by atoms with Gasteiger partial charge in [-0.15, -0.1) is 0 Å². The predicted octanol–water partition coefficient (Wildman–Crippen LogP) is 3.71. The van der Waals surface area contributed by atoms with Gasteiger partial charge < -0.3 is 9.67 Å². The molecule has 0 aliphatic carbocycles. The summed E-state index contributed by atoms with van der Waals surface area (Å²) in [5, 5.41) is 9.10. The Morgan fingerprint density at radius 2 is 1.95 bits per heavy atom. The summed E-state index contributed by atoms with van der Waals surface area (Å²) in [5.41, 5.74) is 2.76. The molecule has 4 heteroatoms. The summed E-state index contributed by atoms with van der Waals surface area (Å²) >= 11 is 0. The maximum Gasteiger partial charge on any atom is 0.125 e. The molecule has 1 heterocycles. The molecular weight excluding hydrogens is 279 g/mol. The monoisotopic (exact) mass is 298 g/mol. The number of halogens is 1. The van der Waals surface area contributed by atoms with Crippen LogP contribution in [0.1, 0.15) is 30.8 Å². The molecule has 1 aromatic heterocycles. The van der Waals surface area contributed by atoms with Gasteiger partial charge in [-0.1, -0.05) is 30.3 Å². The fraction of sp³-hybridized carbons (Fsp3) is 0.278. The molecule has 0 spiro atoms. The fourth-order valence-corrected chi connectivity index (χ4v) is 2.85. The molecule has 3 aromatic rings. The van der Waals surface area contributed by atoms with E-state index in [1.807, 2.05) is 18.2 Å². The minimum absolute atomic E-state index is 0.102. The first-order valence-electron chi connectivity index (χ1n) is 7.53. The normalized spacial score (nSPS) is 12.7. The van der Waals surface area contributed by atoms with Gasteiger partial charge in [0, 0.05) is 19.1 Å². The summed E-state index contributed by atoms with van der Waals surface area (Å²) in [5.74, 6) is 0.601. The summed E-state index contributed by atoms with van der Waals surface area (Å²) in [7, 11) is 0. The molecule has 0 aliphatic heterocycles. The van der Waals surface area contributed by atoms with Crippen LogP contribution in [0.2, 0.25) is 0 Å². The molecule has 3 rings (SSSR count). The quantitative estimate of drug-likeness (QED) is 0.780. The first-order chi connectivity index (χ1) is 10.7. The van der Waals surface area contributed by atoms with Gasteiger partial charge in [-0.25, -0.2) is 9.37 Å². The van der Waals surface area contributed by atoms with E-state index in [4.69, 9.17) is 5.11 Å². The number of benzene rings is 2. The van der Waals surface area contributed by atoms with E-state index in [2.05, 4.69) is 28.6 Å². The van der Waals surface area contributed by atoms with E-state index < -0.39 is 0 Å². The van der Waals surface area contributed by atoms with Gasteiger partial charge in [-0.2, -0.15) is 0 Å². The highest BCUT2D eigenvalue weighted by Gasteiger charge is 2.17. The molecule has 0 saturated heterocycles. The second-order valence-corrected chi connectivity index (χ2v) is 5.44. The zero-order valence-electron chi connectivity index (χ0n) is 12.5. The second kappa shape index (κ2) is 6.28. The van der Waals surface area contributed by atoms with Crippen LogP contribution in [0.4, 0.5) is 4.39 Å². The number of hydrogen-bond donors (Lipinski definition) is 1. The molecule has 1 unspecified atom stereocenters. The van der Waals surface area contributed by atoms with Crippen LogP contribution in [0.15, 0.2) is 48.5 Å². The lowest BCUT2D eigenvalue weighted by Gasteiger charge is -2.18. The fourth-order valence-electron chi connectivity index (χ4n) is 2.85. The predicted molar refractivity (Wildman–Crippen MR) is 85.4 cm³/mol. The van der Waals surface area contributed by atoms with Gasteiger partial charge in [0.05, 0.1) is 17.1 Å². The van der Waals surface area contributed by atoms with Crippen molar-refractivity contribution in [2.24, 2.45) is 0 Å². The van der Waals surface area contributed by atoms with Gasteiger partial charge in [0.15, 0.2) is 0 Å². The first kappa shape index (κ1) is 14.7. The molecule has 3 nitrogen and oxygen atoms in total. The number of aliphatic hydroxyl groups excluding tert-OH is 1. The molecule has 0 amide bonds. The average molecular weight is 298 g/mol. The van der Waals surface area contributed by atoms with Gasteiger partial charge in [0.1, 0.15) is 11.6 Å². The topological polar surface area (TPSA) is 38.0 Å². The first-order valence-corrected chi connectivity index (χ1v) is 7.53. The zero-order valence-corrected chi connectivity index (χ0v) is 12.5. The minimum atomic E-state index is -0.279. The second-order valence-electron chi connectivity index (χ2n) is 5.44.